The maximum atomic E-state index is 13.8. The molecule has 0 unspecified atom stereocenters. The minimum absolute atomic E-state index is 0.0698. The molecule has 0 spiro atoms. The average Bonchev–Trinajstić information content (AvgIpc) is 2.88. The summed E-state index contributed by atoms with van der Waals surface area (Å²) in [4.78, 5) is 13.8. The maximum Gasteiger partial charge on any atom is 0.200 e. The Labute approximate surface area is 230 Å². The molecule has 4 atom stereocenters. The topological polar surface area (TPSA) is 72.5 Å². The molecule has 214 valence electrons. The number of methoxy groups -OCH3 is 5. The normalized spacial score (nSPS) is 27.1. The number of fused-ring (bicyclic) bond motifs is 2. The quantitative estimate of drug-likeness (QED) is 0.232. The largest absolute Gasteiger partial charge is 0.500 e. The molecule has 38 heavy (non-hydrogen) atoms. The lowest BCUT2D eigenvalue weighted by atomic mass is 9.54. The number of ketones is 1. The molecule has 1 aromatic carbocycles. The van der Waals surface area contributed by atoms with Crippen LogP contribution in [0.1, 0.15) is 66.4 Å². The second kappa shape index (κ2) is 11.3. The van der Waals surface area contributed by atoms with E-state index < -0.39 is 25.4 Å². The zero-order chi connectivity index (χ0) is 28.6. The van der Waals surface area contributed by atoms with Gasteiger partial charge in [0, 0.05) is 26.2 Å². The van der Waals surface area contributed by atoms with Crippen molar-refractivity contribution in [2.75, 3.05) is 35.5 Å². The lowest BCUT2D eigenvalue weighted by molar-refractivity contribution is -0.318. The molecule has 1 fully saturated rings. The van der Waals surface area contributed by atoms with Crippen LogP contribution in [0.5, 0.6) is 11.5 Å². The van der Waals surface area contributed by atoms with E-state index in [0.717, 1.165) is 5.56 Å². The number of hydrogen-bond donors (Lipinski definition) is 0. The van der Waals surface area contributed by atoms with E-state index in [9.17, 15) is 4.79 Å². The van der Waals surface area contributed by atoms with E-state index in [1.165, 1.54) is 0 Å². The molecular weight excluding hydrogens is 500 g/mol. The first-order chi connectivity index (χ1) is 17.8. The molecule has 1 saturated carbocycles. The Bertz CT molecular complexity index is 1010. The summed E-state index contributed by atoms with van der Waals surface area (Å²) in [5.74, 6) is -0.150. The standard InChI is InChI=1S/C30H48O7Si/c1-18(2)38(19(3)4,20(5)6)37-25-17-29(7)26(31)16-24(34-10)28(30(29,35-11)36-12)27(25)21-13-14-22(32-8)23(15-21)33-9/h13-16,18-20,25,27-28H,17H2,1-12H3/t25-,27+,28+,29-/m0/s1. The average molecular weight is 549 g/mol. The van der Waals surface area contributed by atoms with E-state index in [-0.39, 0.29) is 17.8 Å². The summed E-state index contributed by atoms with van der Waals surface area (Å²) in [6.07, 6.45) is 1.81. The highest BCUT2D eigenvalue weighted by atomic mass is 28.4. The predicted molar refractivity (Wildman–Crippen MR) is 151 cm³/mol. The Hall–Kier alpha value is -1.87. The van der Waals surface area contributed by atoms with Crippen LogP contribution in [-0.2, 0) is 23.4 Å². The first-order valence-corrected chi connectivity index (χ1v) is 15.8. The van der Waals surface area contributed by atoms with Gasteiger partial charge < -0.3 is 28.1 Å². The smallest absolute Gasteiger partial charge is 0.200 e. The van der Waals surface area contributed by atoms with Crippen molar-refractivity contribution >= 4 is 14.1 Å². The van der Waals surface area contributed by atoms with Gasteiger partial charge in [-0.1, -0.05) is 47.6 Å². The molecule has 2 bridgehead atoms. The summed E-state index contributed by atoms with van der Waals surface area (Å²) < 4.78 is 37.1. The number of allylic oxidation sites excluding steroid dienone is 1. The Morgan fingerprint density at radius 3 is 1.84 bits per heavy atom. The summed E-state index contributed by atoms with van der Waals surface area (Å²) >= 11 is 0. The van der Waals surface area contributed by atoms with Crippen molar-refractivity contribution in [2.24, 2.45) is 11.3 Å². The van der Waals surface area contributed by atoms with Crippen LogP contribution in [0.3, 0.4) is 0 Å². The van der Waals surface area contributed by atoms with E-state index in [1.54, 1.807) is 41.6 Å². The van der Waals surface area contributed by atoms with Crippen LogP contribution in [0, 0.1) is 11.3 Å². The monoisotopic (exact) mass is 548 g/mol. The summed E-state index contributed by atoms with van der Waals surface area (Å²) in [5.41, 5.74) is 1.17. The number of hydrogen-bond acceptors (Lipinski definition) is 7. The second-order valence-electron chi connectivity index (χ2n) is 11.8. The van der Waals surface area contributed by atoms with Crippen LogP contribution in [-0.4, -0.2) is 61.5 Å². The summed E-state index contributed by atoms with van der Waals surface area (Å²) in [7, 11) is 5.75. The van der Waals surface area contributed by atoms with Crippen molar-refractivity contribution in [1.29, 1.82) is 0 Å². The predicted octanol–water partition coefficient (Wildman–Crippen LogP) is 6.48. The Morgan fingerprint density at radius 2 is 1.39 bits per heavy atom. The fourth-order valence-corrected chi connectivity index (χ4v) is 13.3. The van der Waals surface area contributed by atoms with E-state index in [1.807, 2.05) is 25.1 Å². The molecule has 0 radical (unpaired) electrons. The van der Waals surface area contributed by atoms with Gasteiger partial charge >= 0.3 is 0 Å². The lowest BCUT2D eigenvalue weighted by Crippen LogP contribution is -2.69. The molecule has 8 heteroatoms. The third-order valence-corrected chi connectivity index (χ3v) is 15.5. The fraction of sp³-hybridized carbons (Fsp3) is 0.700. The van der Waals surface area contributed by atoms with Crippen LogP contribution in [0.25, 0.3) is 0 Å². The number of rotatable bonds is 11. The van der Waals surface area contributed by atoms with Crippen molar-refractivity contribution < 1.29 is 32.9 Å². The molecule has 0 aliphatic heterocycles. The molecule has 7 nitrogen and oxygen atoms in total. The molecule has 1 aromatic rings. The molecule has 2 aliphatic carbocycles. The third kappa shape index (κ3) is 4.41. The fourth-order valence-electron chi connectivity index (χ4n) is 7.71. The summed E-state index contributed by atoms with van der Waals surface area (Å²) in [6.45, 7) is 15.6. The minimum atomic E-state index is -2.34. The van der Waals surface area contributed by atoms with Gasteiger partial charge in [-0.15, -0.1) is 0 Å². The third-order valence-electron chi connectivity index (χ3n) is 9.37. The Kier molecular flexibility index (Phi) is 9.13. The van der Waals surface area contributed by atoms with E-state index in [0.29, 0.717) is 40.3 Å². The highest BCUT2D eigenvalue weighted by Crippen LogP contribution is 2.62. The van der Waals surface area contributed by atoms with Crippen molar-refractivity contribution in [3.05, 3.63) is 35.6 Å². The molecule has 0 amide bonds. The SMILES string of the molecule is COC1=CC(=O)[C@]2(C)C[C@H](O[Si](C(C)C)(C(C)C)C(C)C)[C@@H](c3ccc(OC)c(OC)c3)[C@@H]1C2(OC)OC. The summed E-state index contributed by atoms with van der Waals surface area (Å²) in [6, 6.07) is 5.97. The van der Waals surface area contributed by atoms with Gasteiger partial charge in [0.1, 0.15) is 5.76 Å². The number of benzene rings is 1. The van der Waals surface area contributed by atoms with Gasteiger partial charge in [0.25, 0.3) is 0 Å². The molecule has 3 rings (SSSR count). The van der Waals surface area contributed by atoms with E-state index in [2.05, 4.69) is 41.5 Å². The van der Waals surface area contributed by atoms with Gasteiger partial charge in [-0.3, -0.25) is 4.79 Å². The number of carbonyl (C=O) groups is 1. The van der Waals surface area contributed by atoms with E-state index in [4.69, 9.17) is 28.1 Å². The van der Waals surface area contributed by atoms with Crippen molar-refractivity contribution in [2.45, 2.75) is 89.3 Å². The van der Waals surface area contributed by atoms with Crippen LogP contribution in [0.15, 0.2) is 30.0 Å². The first kappa shape index (κ1) is 30.7. The first-order valence-electron chi connectivity index (χ1n) is 13.6. The van der Waals surface area contributed by atoms with Gasteiger partial charge in [-0.05, 0) is 47.7 Å². The van der Waals surface area contributed by atoms with Crippen LogP contribution in [0.2, 0.25) is 16.6 Å². The lowest BCUT2D eigenvalue weighted by Gasteiger charge is -2.61. The van der Waals surface area contributed by atoms with Crippen molar-refractivity contribution in [3.8, 4) is 11.5 Å². The van der Waals surface area contributed by atoms with Gasteiger partial charge in [0.05, 0.1) is 38.8 Å². The number of carbonyl (C=O) groups excluding carboxylic acids is 1. The highest BCUT2D eigenvalue weighted by molar-refractivity contribution is 6.77. The Morgan fingerprint density at radius 1 is 0.842 bits per heavy atom. The molecule has 0 N–H and O–H groups in total. The van der Waals surface area contributed by atoms with Crippen LogP contribution in [0.4, 0.5) is 0 Å². The van der Waals surface area contributed by atoms with Crippen LogP contribution < -0.4 is 9.47 Å². The van der Waals surface area contributed by atoms with Crippen LogP contribution >= 0.6 is 0 Å². The molecule has 0 saturated heterocycles. The van der Waals surface area contributed by atoms with Gasteiger partial charge in [0.2, 0.25) is 8.32 Å². The van der Waals surface area contributed by atoms with Crippen molar-refractivity contribution in [3.63, 3.8) is 0 Å². The summed E-state index contributed by atoms with van der Waals surface area (Å²) in [5, 5.41) is 0. The zero-order valence-corrected chi connectivity index (χ0v) is 26.3. The molecule has 0 aromatic heterocycles. The molecule has 0 heterocycles. The zero-order valence-electron chi connectivity index (χ0n) is 25.3. The number of ether oxygens (including phenoxy) is 5. The highest BCUT2D eigenvalue weighted by Gasteiger charge is 2.70. The molecule has 2 aliphatic rings. The van der Waals surface area contributed by atoms with Gasteiger partial charge in [0.15, 0.2) is 23.1 Å². The Balaban J connectivity index is 2.36. The van der Waals surface area contributed by atoms with Crippen molar-refractivity contribution in [1.82, 2.24) is 0 Å². The maximum absolute atomic E-state index is 13.8. The second-order valence-corrected chi connectivity index (χ2v) is 17.2. The minimum Gasteiger partial charge on any atom is -0.500 e. The van der Waals surface area contributed by atoms with Gasteiger partial charge in [-0.25, -0.2) is 0 Å². The van der Waals surface area contributed by atoms with E-state index >= 15 is 0 Å². The molecular formula is C30H48O7Si. The van der Waals surface area contributed by atoms with Gasteiger partial charge in [-0.2, -0.15) is 0 Å².